The first-order valence-corrected chi connectivity index (χ1v) is 5.57. The normalized spacial score (nSPS) is 10.4. The third-order valence-electron chi connectivity index (χ3n) is 2.33. The maximum absolute atomic E-state index is 11.7. The van der Waals surface area contributed by atoms with Crippen molar-refractivity contribution in [2.45, 2.75) is 19.3 Å². The summed E-state index contributed by atoms with van der Waals surface area (Å²) in [6.45, 7) is 0. The first kappa shape index (κ1) is 13.2. The van der Waals surface area contributed by atoms with Crippen molar-refractivity contribution >= 4 is 11.8 Å². The Balaban J connectivity index is 2.26. The molecule has 0 unspecified atom stereocenters. The average molecular weight is 232 g/mol. The van der Waals surface area contributed by atoms with E-state index in [1.165, 1.54) is 13.2 Å². The van der Waals surface area contributed by atoms with Gasteiger partial charge in [0.25, 0.3) is 0 Å². The molecular formula is C14H16O3. The summed E-state index contributed by atoms with van der Waals surface area (Å²) in [4.78, 5) is 22.4. The number of hydrogen-bond acceptors (Lipinski definition) is 3. The molecule has 0 radical (unpaired) electrons. The van der Waals surface area contributed by atoms with Crippen LogP contribution in [-0.4, -0.2) is 18.9 Å². The lowest BCUT2D eigenvalue weighted by atomic mass is 10.1. The number of ether oxygens (including phenoxy) is 1. The highest BCUT2D eigenvalue weighted by atomic mass is 16.5. The van der Waals surface area contributed by atoms with Crippen LogP contribution in [0.25, 0.3) is 0 Å². The van der Waals surface area contributed by atoms with E-state index in [0.717, 1.165) is 12.0 Å². The number of carbonyl (C=O) groups is 2. The lowest BCUT2D eigenvalue weighted by Crippen LogP contribution is -1.98. The summed E-state index contributed by atoms with van der Waals surface area (Å²) in [6, 6.07) is 9.21. The van der Waals surface area contributed by atoms with Gasteiger partial charge in [-0.3, -0.25) is 4.79 Å². The lowest BCUT2D eigenvalue weighted by molar-refractivity contribution is -0.134. The van der Waals surface area contributed by atoms with E-state index < -0.39 is 0 Å². The van der Waals surface area contributed by atoms with Crippen molar-refractivity contribution in [2.24, 2.45) is 0 Å². The Morgan fingerprint density at radius 2 is 1.94 bits per heavy atom. The molecule has 0 N–H and O–H groups in total. The second kappa shape index (κ2) is 7.39. The van der Waals surface area contributed by atoms with Crippen molar-refractivity contribution < 1.29 is 14.3 Å². The minimum absolute atomic E-state index is 0.136. The molecule has 0 fully saturated rings. The molecular weight excluding hydrogens is 216 g/mol. The van der Waals surface area contributed by atoms with Gasteiger partial charge < -0.3 is 4.74 Å². The molecule has 17 heavy (non-hydrogen) atoms. The summed E-state index contributed by atoms with van der Waals surface area (Å²) in [7, 11) is 1.34. The molecule has 0 aromatic heterocycles. The van der Waals surface area contributed by atoms with Crippen molar-refractivity contribution in [1.29, 1.82) is 0 Å². The molecule has 0 amide bonds. The summed E-state index contributed by atoms with van der Waals surface area (Å²) in [6.07, 6.45) is 5.04. The van der Waals surface area contributed by atoms with Crippen molar-refractivity contribution in [3.63, 3.8) is 0 Å². The van der Waals surface area contributed by atoms with Crippen molar-refractivity contribution in [2.75, 3.05) is 7.11 Å². The number of carbonyl (C=O) groups excluding carboxylic acids is 2. The summed E-state index contributed by atoms with van der Waals surface area (Å²) in [5.41, 5.74) is 0.740. The van der Waals surface area contributed by atoms with E-state index in [1.807, 2.05) is 30.3 Å². The maximum atomic E-state index is 11.7. The molecule has 0 saturated heterocycles. The number of unbranched alkanes of at least 4 members (excludes halogenated alkanes) is 1. The smallest absolute Gasteiger partial charge is 0.330 e. The third-order valence-corrected chi connectivity index (χ3v) is 2.33. The number of hydrogen-bond donors (Lipinski definition) is 0. The first-order valence-electron chi connectivity index (χ1n) is 5.57. The van der Waals surface area contributed by atoms with Crippen LogP contribution in [0.4, 0.5) is 0 Å². The average Bonchev–Trinajstić information content (AvgIpc) is 2.38. The monoisotopic (exact) mass is 232 g/mol. The van der Waals surface area contributed by atoms with Crippen LogP contribution >= 0.6 is 0 Å². The topological polar surface area (TPSA) is 43.4 Å². The lowest BCUT2D eigenvalue weighted by Gasteiger charge is -1.98. The molecule has 1 aromatic carbocycles. The predicted octanol–water partition coefficient (Wildman–Crippen LogP) is 2.77. The van der Waals surface area contributed by atoms with Crippen LogP contribution in [-0.2, 0) is 9.53 Å². The zero-order valence-corrected chi connectivity index (χ0v) is 9.89. The van der Waals surface area contributed by atoms with Crippen LogP contribution in [0.15, 0.2) is 42.5 Å². The zero-order chi connectivity index (χ0) is 12.5. The fraction of sp³-hybridized carbons (Fsp3) is 0.286. The molecule has 0 atom stereocenters. The number of allylic oxidation sites excluding steroid dienone is 1. The number of ketones is 1. The van der Waals surface area contributed by atoms with Gasteiger partial charge >= 0.3 is 5.97 Å². The van der Waals surface area contributed by atoms with Crippen LogP contribution in [0.3, 0.4) is 0 Å². The SMILES string of the molecule is COC(=O)/C=C/CCCC(=O)c1ccccc1. The number of rotatable bonds is 6. The Kier molecular flexibility index (Phi) is 5.72. The van der Waals surface area contributed by atoms with Gasteiger partial charge in [0, 0.05) is 18.1 Å². The van der Waals surface area contributed by atoms with Gasteiger partial charge in [0.05, 0.1) is 7.11 Å². The molecule has 3 nitrogen and oxygen atoms in total. The number of benzene rings is 1. The second-order valence-corrected chi connectivity index (χ2v) is 3.61. The summed E-state index contributed by atoms with van der Waals surface area (Å²) < 4.78 is 4.45. The van der Waals surface area contributed by atoms with E-state index in [2.05, 4.69) is 4.74 Å². The largest absolute Gasteiger partial charge is 0.466 e. The van der Waals surface area contributed by atoms with Gasteiger partial charge in [-0.05, 0) is 12.8 Å². The highest BCUT2D eigenvalue weighted by molar-refractivity contribution is 5.95. The molecule has 0 bridgehead atoms. The molecule has 0 spiro atoms. The van der Waals surface area contributed by atoms with Crippen molar-refractivity contribution in [3.8, 4) is 0 Å². The summed E-state index contributed by atoms with van der Waals surface area (Å²) >= 11 is 0. The maximum Gasteiger partial charge on any atom is 0.330 e. The summed E-state index contributed by atoms with van der Waals surface area (Å²) in [5.74, 6) is -0.226. The Morgan fingerprint density at radius 3 is 2.59 bits per heavy atom. The molecule has 3 heteroatoms. The molecule has 0 heterocycles. The van der Waals surface area contributed by atoms with Crippen LogP contribution < -0.4 is 0 Å². The van der Waals surface area contributed by atoms with Gasteiger partial charge in [-0.1, -0.05) is 36.4 Å². The van der Waals surface area contributed by atoms with Gasteiger partial charge in [-0.25, -0.2) is 4.79 Å². The standard InChI is InChI=1S/C14H16O3/c1-17-14(16)11-7-3-6-10-13(15)12-8-4-2-5-9-12/h2,4-5,7-9,11H,3,6,10H2,1H3/b11-7+. The summed E-state index contributed by atoms with van der Waals surface area (Å²) in [5, 5.41) is 0. The number of esters is 1. The fourth-order valence-corrected chi connectivity index (χ4v) is 1.40. The molecule has 1 aromatic rings. The van der Waals surface area contributed by atoms with Crippen LogP contribution in [0.2, 0.25) is 0 Å². The van der Waals surface area contributed by atoms with Gasteiger partial charge in [0.2, 0.25) is 0 Å². The van der Waals surface area contributed by atoms with E-state index in [0.29, 0.717) is 12.8 Å². The Bertz CT molecular complexity index is 393. The van der Waals surface area contributed by atoms with E-state index in [4.69, 9.17) is 0 Å². The number of Topliss-reactive ketones (excluding diaryl/α,β-unsaturated/α-hetero) is 1. The molecule has 90 valence electrons. The fourth-order valence-electron chi connectivity index (χ4n) is 1.40. The van der Waals surface area contributed by atoms with Crippen LogP contribution in [0.1, 0.15) is 29.6 Å². The highest BCUT2D eigenvalue weighted by Crippen LogP contribution is 2.06. The van der Waals surface area contributed by atoms with Crippen LogP contribution in [0, 0.1) is 0 Å². The van der Waals surface area contributed by atoms with Gasteiger partial charge in [-0.15, -0.1) is 0 Å². The van der Waals surface area contributed by atoms with Crippen molar-refractivity contribution in [3.05, 3.63) is 48.0 Å². The highest BCUT2D eigenvalue weighted by Gasteiger charge is 2.03. The van der Waals surface area contributed by atoms with E-state index in [9.17, 15) is 9.59 Å². The Labute approximate surface area is 101 Å². The molecule has 1 rings (SSSR count). The Morgan fingerprint density at radius 1 is 1.24 bits per heavy atom. The quantitative estimate of drug-likeness (QED) is 0.328. The minimum Gasteiger partial charge on any atom is -0.466 e. The second-order valence-electron chi connectivity index (χ2n) is 3.61. The van der Waals surface area contributed by atoms with Gasteiger partial charge in [0.1, 0.15) is 0 Å². The van der Waals surface area contributed by atoms with Crippen LogP contribution in [0.5, 0.6) is 0 Å². The predicted molar refractivity (Wildman–Crippen MR) is 65.8 cm³/mol. The Hall–Kier alpha value is -1.90. The molecule has 0 saturated carbocycles. The molecule has 0 aliphatic carbocycles. The zero-order valence-electron chi connectivity index (χ0n) is 9.89. The number of methoxy groups -OCH3 is 1. The van der Waals surface area contributed by atoms with E-state index in [-0.39, 0.29) is 11.8 Å². The molecule has 0 aliphatic rings. The minimum atomic E-state index is -0.362. The van der Waals surface area contributed by atoms with E-state index >= 15 is 0 Å². The van der Waals surface area contributed by atoms with Crippen molar-refractivity contribution in [1.82, 2.24) is 0 Å². The van der Waals surface area contributed by atoms with Gasteiger partial charge in [-0.2, -0.15) is 0 Å². The first-order chi connectivity index (χ1) is 8.24. The molecule has 0 aliphatic heterocycles. The third kappa shape index (κ3) is 5.11. The van der Waals surface area contributed by atoms with E-state index in [1.54, 1.807) is 6.08 Å². The van der Waals surface area contributed by atoms with Gasteiger partial charge in [0.15, 0.2) is 5.78 Å².